The highest BCUT2D eigenvalue weighted by Gasteiger charge is 2.36. The molecule has 0 aromatic heterocycles. The van der Waals surface area contributed by atoms with Crippen LogP contribution in [0, 0.1) is 5.41 Å². The average Bonchev–Trinajstić information content (AvgIpc) is 2.41. The van der Waals surface area contributed by atoms with E-state index in [1.807, 2.05) is 6.92 Å². The fraction of sp³-hybridized carbons (Fsp3) is 0.611. The first-order valence-corrected chi connectivity index (χ1v) is 7.76. The molecule has 0 unspecified atom stereocenters. The van der Waals surface area contributed by atoms with Crippen LogP contribution in [0.15, 0.2) is 24.3 Å². The van der Waals surface area contributed by atoms with Crippen molar-refractivity contribution in [3.05, 3.63) is 35.4 Å². The van der Waals surface area contributed by atoms with Gasteiger partial charge in [0.05, 0.1) is 5.41 Å². The summed E-state index contributed by atoms with van der Waals surface area (Å²) in [5.41, 5.74) is 2.31. The molecule has 1 aliphatic heterocycles. The summed E-state index contributed by atoms with van der Waals surface area (Å²) in [7, 11) is 0. The Morgan fingerprint density at radius 1 is 1.19 bits per heavy atom. The van der Waals surface area contributed by atoms with E-state index in [4.69, 9.17) is 0 Å². The first-order valence-electron chi connectivity index (χ1n) is 7.76. The molecule has 0 amide bonds. The molecule has 21 heavy (non-hydrogen) atoms. The van der Waals surface area contributed by atoms with Gasteiger partial charge in [-0.25, -0.2) is 0 Å². The Bertz CT molecular complexity index is 491. The minimum absolute atomic E-state index is 0.187. The second-order valence-electron chi connectivity index (χ2n) is 7.59. The lowest BCUT2D eigenvalue weighted by Gasteiger charge is -2.36. The molecule has 1 aliphatic rings. The van der Waals surface area contributed by atoms with E-state index in [0.29, 0.717) is 0 Å². The van der Waals surface area contributed by atoms with Crippen LogP contribution in [0.3, 0.4) is 0 Å². The monoisotopic (exact) mass is 289 g/mol. The Hall–Kier alpha value is -1.35. The normalized spacial score (nSPS) is 19.4. The van der Waals surface area contributed by atoms with E-state index in [1.165, 1.54) is 11.1 Å². The van der Waals surface area contributed by atoms with Gasteiger partial charge in [-0.1, -0.05) is 45.0 Å². The standard InChI is InChI=1S/C18H27NO2/c1-17(2,3)15-7-5-14(6-8-15)13-19-11-9-18(4,10-12-19)16(20)21/h5-8H,9-13H2,1-4H3,(H,20,21). The van der Waals surface area contributed by atoms with E-state index in [2.05, 4.69) is 49.9 Å². The third-order valence-corrected chi connectivity index (χ3v) is 4.70. The first-order chi connectivity index (χ1) is 9.71. The Kier molecular flexibility index (Phi) is 4.43. The average molecular weight is 289 g/mol. The third-order valence-electron chi connectivity index (χ3n) is 4.70. The number of hydrogen-bond acceptors (Lipinski definition) is 2. The maximum atomic E-state index is 11.3. The number of aliphatic carboxylic acids is 1. The van der Waals surface area contributed by atoms with Crippen molar-refractivity contribution in [2.75, 3.05) is 13.1 Å². The lowest BCUT2D eigenvalue weighted by atomic mass is 9.80. The van der Waals surface area contributed by atoms with Crippen LogP contribution >= 0.6 is 0 Å². The number of benzene rings is 1. The summed E-state index contributed by atoms with van der Waals surface area (Å²) < 4.78 is 0. The van der Waals surface area contributed by atoms with E-state index in [9.17, 15) is 9.90 Å². The van der Waals surface area contributed by atoms with Gasteiger partial charge in [0.1, 0.15) is 0 Å². The molecule has 0 bridgehead atoms. The molecule has 1 fully saturated rings. The molecule has 1 aromatic rings. The van der Waals surface area contributed by atoms with Gasteiger partial charge >= 0.3 is 5.97 Å². The minimum Gasteiger partial charge on any atom is -0.481 e. The van der Waals surface area contributed by atoms with Gasteiger partial charge in [0, 0.05) is 6.54 Å². The Balaban J connectivity index is 1.94. The number of piperidine rings is 1. The van der Waals surface area contributed by atoms with Crippen molar-refractivity contribution in [2.24, 2.45) is 5.41 Å². The van der Waals surface area contributed by atoms with Crippen molar-refractivity contribution in [1.82, 2.24) is 4.90 Å². The molecule has 0 saturated carbocycles. The number of carboxylic acids is 1. The van der Waals surface area contributed by atoms with Crippen LogP contribution in [0.25, 0.3) is 0 Å². The molecule has 3 heteroatoms. The number of nitrogens with zero attached hydrogens (tertiary/aromatic N) is 1. The second-order valence-corrected chi connectivity index (χ2v) is 7.59. The van der Waals surface area contributed by atoms with Crippen LogP contribution in [-0.2, 0) is 16.8 Å². The van der Waals surface area contributed by atoms with Gasteiger partial charge in [-0.2, -0.15) is 0 Å². The Labute approximate surface area is 128 Å². The van der Waals surface area contributed by atoms with Gasteiger partial charge < -0.3 is 5.11 Å². The van der Waals surface area contributed by atoms with E-state index in [-0.39, 0.29) is 5.41 Å². The van der Waals surface area contributed by atoms with Crippen LogP contribution in [-0.4, -0.2) is 29.1 Å². The third kappa shape index (κ3) is 3.85. The van der Waals surface area contributed by atoms with Crippen molar-refractivity contribution in [1.29, 1.82) is 0 Å². The van der Waals surface area contributed by atoms with Crippen molar-refractivity contribution < 1.29 is 9.90 Å². The number of carboxylic acid groups (broad SMARTS) is 1. The van der Waals surface area contributed by atoms with Crippen LogP contribution < -0.4 is 0 Å². The molecule has 3 nitrogen and oxygen atoms in total. The maximum Gasteiger partial charge on any atom is 0.309 e. The number of carbonyl (C=O) groups is 1. The maximum absolute atomic E-state index is 11.3. The van der Waals surface area contributed by atoms with Crippen LogP contribution in [0.5, 0.6) is 0 Å². The van der Waals surface area contributed by atoms with Gasteiger partial charge in [0.2, 0.25) is 0 Å². The molecule has 1 heterocycles. The summed E-state index contributed by atoms with van der Waals surface area (Å²) in [6.07, 6.45) is 1.48. The highest BCUT2D eigenvalue weighted by atomic mass is 16.4. The van der Waals surface area contributed by atoms with Crippen LogP contribution in [0.1, 0.15) is 51.7 Å². The quantitative estimate of drug-likeness (QED) is 0.923. The highest BCUT2D eigenvalue weighted by molar-refractivity contribution is 5.74. The molecule has 0 aliphatic carbocycles. The summed E-state index contributed by atoms with van der Waals surface area (Å²) in [5.74, 6) is -0.656. The number of rotatable bonds is 3. The zero-order valence-electron chi connectivity index (χ0n) is 13.6. The van der Waals surface area contributed by atoms with Crippen molar-refractivity contribution in [3.8, 4) is 0 Å². The molecular weight excluding hydrogens is 262 g/mol. The van der Waals surface area contributed by atoms with Gasteiger partial charge in [-0.05, 0) is 49.4 Å². The summed E-state index contributed by atoms with van der Waals surface area (Å²) in [6, 6.07) is 8.82. The zero-order chi connectivity index (χ0) is 15.7. The summed E-state index contributed by atoms with van der Waals surface area (Å²) in [5, 5.41) is 9.26. The molecule has 0 spiro atoms. The van der Waals surface area contributed by atoms with Gasteiger partial charge in [0.15, 0.2) is 0 Å². The summed E-state index contributed by atoms with van der Waals surface area (Å²) >= 11 is 0. The fourth-order valence-electron chi connectivity index (χ4n) is 2.79. The predicted molar refractivity (Wildman–Crippen MR) is 85.4 cm³/mol. The lowest BCUT2D eigenvalue weighted by Crippen LogP contribution is -2.42. The first kappa shape index (κ1) is 16.0. The largest absolute Gasteiger partial charge is 0.481 e. The molecule has 2 rings (SSSR count). The van der Waals surface area contributed by atoms with E-state index < -0.39 is 11.4 Å². The summed E-state index contributed by atoms with van der Waals surface area (Å²) in [6.45, 7) is 11.2. The van der Waals surface area contributed by atoms with E-state index in [1.54, 1.807) is 0 Å². The van der Waals surface area contributed by atoms with Crippen LogP contribution in [0.4, 0.5) is 0 Å². The lowest BCUT2D eigenvalue weighted by molar-refractivity contribution is -0.150. The highest BCUT2D eigenvalue weighted by Crippen LogP contribution is 2.31. The van der Waals surface area contributed by atoms with Crippen molar-refractivity contribution >= 4 is 5.97 Å². The van der Waals surface area contributed by atoms with Gasteiger partial charge in [-0.3, -0.25) is 9.69 Å². The van der Waals surface area contributed by atoms with Crippen molar-refractivity contribution in [2.45, 2.75) is 52.5 Å². The smallest absolute Gasteiger partial charge is 0.309 e. The minimum atomic E-state index is -0.656. The molecular formula is C18H27NO2. The Morgan fingerprint density at radius 2 is 1.71 bits per heavy atom. The molecule has 1 aromatic carbocycles. The molecule has 1 N–H and O–H groups in total. The molecule has 0 atom stereocenters. The molecule has 0 radical (unpaired) electrons. The molecule has 116 valence electrons. The van der Waals surface area contributed by atoms with E-state index in [0.717, 1.165) is 32.5 Å². The Morgan fingerprint density at radius 3 is 2.14 bits per heavy atom. The van der Waals surface area contributed by atoms with Crippen LogP contribution in [0.2, 0.25) is 0 Å². The number of likely N-dealkylation sites (tertiary alicyclic amines) is 1. The van der Waals surface area contributed by atoms with E-state index >= 15 is 0 Å². The zero-order valence-corrected chi connectivity index (χ0v) is 13.6. The fourth-order valence-corrected chi connectivity index (χ4v) is 2.79. The second kappa shape index (κ2) is 5.80. The SMILES string of the molecule is CC1(C(=O)O)CCN(Cc2ccc(C(C)(C)C)cc2)CC1. The predicted octanol–water partition coefficient (Wildman–Crippen LogP) is 3.67. The number of hydrogen-bond donors (Lipinski definition) is 1. The molecule has 1 saturated heterocycles. The van der Waals surface area contributed by atoms with Gasteiger partial charge in [0.25, 0.3) is 0 Å². The van der Waals surface area contributed by atoms with Crippen molar-refractivity contribution in [3.63, 3.8) is 0 Å². The van der Waals surface area contributed by atoms with Gasteiger partial charge in [-0.15, -0.1) is 0 Å². The topological polar surface area (TPSA) is 40.5 Å². The summed E-state index contributed by atoms with van der Waals surface area (Å²) in [4.78, 5) is 13.6.